The summed E-state index contributed by atoms with van der Waals surface area (Å²) >= 11 is 5.82. The van der Waals surface area contributed by atoms with Gasteiger partial charge in [-0.05, 0) is 37.1 Å². The Morgan fingerprint density at radius 2 is 1.76 bits per heavy atom. The van der Waals surface area contributed by atoms with Crippen LogP contribution in [0.15, 0.2) is 36.7 Å². The summed E-state index contributed by atoms with van der Waals surface area (Å²) < 4.78 is 0. The summed E-state index contributed by atoms with van der Waals surface area (Å²) in [6.45, 7) is 1.40. The monoisotopic (exact) mass is 305 g/mol. The zero-order valence-electron chi connectivity index (χ0n) is 11.4. The third-order valence-corrected chi connectivity index (χ3v) is 3.86. The fraction of sp³-hybridized carbons (Fsp3) is 0.357. The van der Waals surface area contributed by atoms with Crippen LogP contribution in [-0.2, 0) is 0 Å². The smallest absolute Gasteiger partial charge is 0.321 e. The molecule has 1 N–H and O–H groups in total. The average Bonchev–Trinajstić information content (AvgIpc) is 3.04. The Kier molecular flexibility index (Phi) is 4.06. The predicted octanol–water partition coefficient (Wildman–Crippen LogP) is 2.80. The fourth-order valence-corrected chi connectivity index (χ4v) is 2.58. The number of hydrogen-bond acceptors (Lipinski definition) is 3. The molecular formula is C14H16ClN5O. The summed E-state index contributed by atoms with van der Waals surface area (Å²) in [4.78, 5) is 15.7. The minimum Gasteiger partial charge on any atom is -0.324 e. The molecule has 0 aliphatic carbocycles. The van der Waals surface area contributed by atoms with E-state index >= 15 is 0 Å². The van der Waals surface area contributed by atoms with Gasteiger partial charge in [0.25, 0.3) is 0 Å². The second kappa shape index (κ2) is 6.13. The Bertz CT molecular complexity index is 590. The Morgan fingerprint density at radius 3 is 2.38 bits per heavy atom. The molecule has 1 aliphatic heterocycles. The zero-order valence-corrected chi connectivity index (χ0v) is 12.2. The number of amides is 2. The van der Waals surface area contributed by atoms with Crippen molar-refractivity contribution in [3.63, 3.8) is 0 Å². The number of piperidine rings is 1. The van der Waals surface area contributed by atoms with Gasteiger partial charge in [-0.15, -0.1) is 0 Å². The molecule has 21 heavy (non-hydrogen) atoms. The Balaban J connectivity index is 1.54. The van der Waals surface area contributed by atoms with E-state index in [1.807, 2.05) is 4.90 Å². The van der Waals surface area contributed by atoms with Gasteiger partial charge in [0.05, 0.1) is 18.4 Å². The molecule has 110 valence electrons. The van der Waals surface area contributed by atoms with Crippen LogP contribution in [0, 0.1) is 0 Å². The van der Waals surface area contributed by atoms with Crippen molar-refractivity contribution < 1.29 is 4.79 Å². The average molecular weight is 306 g/mol. The first-order valence-electron chi connectivity index (χ1n) is 6.89. The summed E-state index contributed by atoms with van der Waals surface area (Å²) in [5, 5.41) is 11.9. The molecule has 3 rings (SSSR count). The molecule has 6 nitrogen and oxygen atoms in total. The molecule has 0 spiro atoms. The maximum atomic E-state index is 12.2. The van der Waals surface area contributed by atoms with Gasteiger partial charge in [0.2, 0.25) is 0 Å². The standard InChI is InChI=1S/C14H16ClN5O/c15-11-1-3-12(4-2-11)18-14(21)19-9-5-13(6-10-19)20-16-7-8-17-20/h1-4,7-8,13H,5-6,9-10H2,(H,18,21). The maximum absolute atomic E-state index is 12.2. The first-order valence-corrected chi connectivity index (χ1v) is 7.27. The van der Waals surface area contributed by atoms with Gasteiger partial charge in [-0.3, -0.25) is 0 Å². The van der Waals surface area contributed by atoms with Gasteiger partial charge >= 0.3 is 6.03 Å². The number of rotatable bonds is 2. The van der Waals surface area contributed by atoms with E-state index in [-0.39, 0.29) is 12.1 Å². The number of carbonyl (C=O) groups excluding carboxylic acids is 1. The van der Waals surface area contributed by atoms with Crippen LogP contribution in [0.5, 0.6) is 0 Å². The molecule has 1 saturated heterocycles. The van der Waals surface area contributed by atoms with Crippen LogP contribution in [0.25, 0.3) is 0 Å². The number of anilines is 1. The van der Waals surface area contributed by atoms with Crippen molar-refractivity contribution in [2.75, 3.05) is 18.4 Å². The van der Waals surface area contributed by atoms with E-state index in [1.165, 1.54) is 0 Å². The summed E-state index contributed by atoms with van der Waals surface area (Å²) in [5.74, 6) is 0. The van der Waals surface area contributed by atoms with Crippen molar-refractivity contribution in [1.82, 2.24) is 19.9 Å². The molecule has 2 heterocycles. The van der Waals surface area contributed by atoms with Crippen molar-refractivity contribution in [2.24, 2.45) is 0 Å². The van der Waals surface area contributed by atoms with E-state index in [2.05, 4.69) is 15.5 Å². The third-order valence-electron chi connectivity index (χ3n) is 3.61. The molecule has 1 aromatic carbocycles. The van der Waals surface area contributed by atoms with Gasteiger partial charge in [-0.2, -0.15) is 15.0 Å². The van der Waals surface area contributed by atoms with Crippen LogP contribution in [0.2, 0.25) is 5.02 Å². The van der Waals surface area contributed by atoms with Crippen LogP contribution in [0.3, 0.4) is 0 Å². The molecule has 0 saturated carbocycles. The summed E-state index contributed by atoms with van der Waals surface area (Å²) in [7, 11) is 0. The maximum Gasteiger partial charge on any atom is 0.321 e. The largest absolute Gasteiger partial charge is 0.324 e. The van der Waals surface area contributed by atoms with Crippen molar-refractivity contribution in [2.45, 2.75) is 18.9 Å². The minimum atomic E-state index is -0.0794. The number of hydrogen-bond donors (Lipinski definition) is 1. The topological polar surface area (TPSA) is 63.1 Å². The van der Waals surface area contributed by atoms with Gasteiger partial charge in [0, 0.05) is 23.8 Å². The normalized spacial score (nSPS) is 16.0. The van der Waals surface area contributed by atoms with E-state index in [9.17, 15) is 4.79 Å². The van der Waals surface area contributed by atoms with Crippen LogP contribution in [0.1, 0.15) is 18.9 Å². The number of aromatic nitrogens is 3. The van der Waals surface area contributed by atoms with Gasteiger partial charge in [-0.1, -0.05) is 11.6 Å². The number of carbonyl (C=O) groups is 1. The van der Waals surface area contributed by atoms with Crippen molar-refractivity contribution in [3.8, 4) is 0 Å². The van der Waals surface area contributed by atoms with Gasteiger partial charge in [0.1, 0.15) is 0 Å². The molecule has 0 atom stereocenters. The van der Waals surface area contributed by atoms with Gasteiger partial charge in [0.15, 0.2) is 0 Å². The lowest BCUT2D eigenvalue weighted by Gasteiger charge is -2.31. The number of benzene rings is 1. The van der Waals surface area contributed by atoms with Gasteiger partial charge < -0.3 is 10.2 Å². The molecule has 2 aromatic rings. The molecule has 0 bridgehead atoms. The van der Waals surface area contributed by atoms with Crippen LogP contribution in [0.4, 0.5) is 10.5 Å². The van der Waals surface area contributed by atoms with Crippen molar-refractivity contribution in [3.05, 3.63) is 41.7 Å². The fourth-order valence-electron chi connectivity index (χ4n) is 2.45. The molecular weight excluding hydrogens is 290 g/mol. The highest BCUT2D eigenvalue weighted by Crippen LogP contribution is 2.21. The molecule has 7 heteroatoms. The lowest BCUT2D eigenvalue weighted by molar-refractivity contribution is 0.175. The second-order valence-electron chi connectivity index (χ2n) is 5.00. The highest BCUT2D eigenvalue weighted by molar-refractivity contribution is 6.30. The number of nitrogens with one attached hydrogen (secondary N) is 1. The Morgan fingerprint density at radius 1 is 1.14 bits per heavy atom. The first-order chi connectivity index (χ1) is 10.2. The van der Waals surface area contributed by atoms with E-state index in [1.54, 1.807) is 41.5 Å². The first kappa shape index (κ1) is 13.9. The number of halogens is 1. The lowest BCUT2D eigenvalue weighted by Crippen LogP contribution is -2.41. The summed E-state index contributed by atoms with van der Waals surface area (Å²) in [5.41, 5.74) is 0.750. The van der Waals surface area contributed by atoms with E-state index in [4.69, 9.17) is 11.6 Å². The summed E-state index contributed by atoms with van der Waals surface area (Å²) in [6, 6.07) is 7.30. The van der Waals surface area contributed by atoms with Crippen LogP contribution in [-0.4, -0.2) is 39.0 Å². The molecule has 0 radical (unpaired) electrons. The van der Waals surface area contributed by atoms with E-state index in [0.29, 0.717) is 18.1 Å². The Hall–Kier alpha value is -2.08. The van der Waals surface area contributed by atoms with Crippen LogP contribution < -0.4 is 5.32 Å². The molecule has 1 aromatic heterocycles. The molecule has 1 aliphatic rings. The van der Waals surface area contributed by atoms with Crippen molar-refractivity contribution >= 4 is 23.3 Å². The number of likely N-dealkylation sites (tertiary alicyclic amines) is 1. The minimum absolute atomic E-state index is 0.0794. The highest BCUT2D eigenvalue weighted by atomic mass is 35.5. The molecule has 0 unspecified atom stereocenters. The number of urea groups is 1. The molecule has 2 amide bonds. The zero-order chi connectivity index (χ0) is 14.7. The molecule has 1 fully saturated rings. The quantitative estimate of drug-likeness (QED) is 0.928. The van der Waals surface area contributed by atoms with E-state index < -0.39 is 0 Å². The highest BCUT2D eigenvalue weighted by Gasteiger charge is 2.24. The third kappa shape index (κ3) is 3.33. The van der Waals surface area contributed by atoms with Crippen molar-refractivity contribution in [1.29, 1.82) is 0 Å². The van der Waals surface area contributed by atoms with E-state index in [0.717, 1.165) is 18.5 Å². The SMILES string of the molecule is O=C(Nc1ccc(Cl)cc1)N1CCC(n2nccn2)CC1. The second-order valence-corrected chi connectivity index (χ2v) is 5.44. The Labute approximate surface area is 127 Å². The number of nitrogens with zero attached hydrogens (tertiary/aromatic N) is 4. The van der Waals surface area contributed by atoms with Crippen LogP contribution >= 0.6 is 11.6 Å². The lowest BCUT2D eigenvalue weighted by atomic mass is 10.1. The summed E-state index contributed by atoms with van der Waals surface area (Å²) in [6.07, 6.45) is 5.09. The predicted molar refractivity (Wildman–Crippen MR) is 80.3 cm³/mol. The van der Waals surface area contributed by atoms with Gasteiger partial charge in [-0.25, -0.2) is 4.79 Å².